The third-order valence-corrected chi connectivity index (χ3v) is 7.00. The molecular formula is C25H37NO6S. The van der Waals surface area contributed by atoms with Gasteiger partial charge < -0.3 is 19.7 Å². The average molecular weight is 480 g/mol. The Morgan fingerprint density at radius 3 is 2.58 bits per heavy atom. The van der Waals surface area contributed by atoms with E-state index in [0.717, 1.165) is 16.3 Å². The number of ether oxygens (including phenoxy) is 2. The summed E-state index contributed by atoms with van der Waals surface area (Å²) in [7, 11) is 0. The largest absolute Gasteiger partial charge is 0.457 e. The zero-order valence-electron chi connectivity index (χ0n) is 20.4. The fraction of sp³-hybridized carbons (Fsp3) is 0.640. The first kappa shape index (κ1) is 27.4. The van der Waals surface area contributed by atoms with Gasteiger partial charge in [0.05, 0.1) is 47.5 Å². The summed E-state index contributed by atoms with van der Waals surface area (Å²) in [5, 5.41) is 24.2. The van der Waals surface area contributed by atoms with Gasteiger partial charge in [-0.2, -0.15) is 0 Å². The van der Waals surface area contributed by atoms with Crippen molar-refractivity contribution >= 4 is 29.2 Å². The van der Waals surface area contributed by atoms with E-state index < -0.39 is 41.7 Å². The van der Waals surface area contributed by atoms with Gasteiger partial charge in [0.2, 0.25) is 0 Å². The summed E-state index contributed by atoms with van der Waals surface area (Å²) in [4.78, 5) is 30.2. The van der Waals surface area contributed by atoms with Crippen molar-refractivity contribution < 1.29 is 29.3 Å². The van der Waals surface area contributed by atoms with Gasteiger partial charge in [-0.3, -0.25) is 9.59 Å². The number of aryl methyl sites for hydroxylation is 1. The van der Waals surface area contributed by atoms with E-state index in [1.807, 2.05) is 37.5 Å². The Morgan fingerprint density at radius 2 is 1.94 bits per heavy atom. The van der Waals surface area contributed by atoms with Crippen LogP contribution >= 0.6 is 11.3 Å². The molecule has 2 rings (SSSR count). The first-order valence-corrected chi connectivity index (χ1v) is 12.3. The number of hydrogen-bond donors (Lipinski definition) is 2. The molecule has 0 bridgehead atoms. The highest BCUT2D eigenvalue weighted by Crippen LogP contribution is 2.31. The summed E-state index contributed by atoms with van der Waals surface area (Å²) in [6, 6.07) is 0. The van der Waals surface area contributed by atoms with Crippen molar-refractivity contribution in [2.75, 3.05) is 6.61 Å². The normalized spacial score (nSPS) is 31.8. The molecule has 5 atom stereocenters. The highest BCUT2D eigenvalue weighted by atomic mass is 32.1. The van der Waals surface area contributed by atoms with Crippen LogP contribution in [0.5, 0.6) is 0 Å². The minimum absolute atomic E-state index is 0.323. The van der Waals surface area contributed by atoms with Crippen molar-refractivity contribution in [2.45, 2.75) is 85.2 Å². The molecule has 1 aliphatic rings. The molecule has 0 aromatic carbocycles. The quantitative estimate of drug-likeness (QED) is 0.490. The van der Waals surface area contributed by atoms with E-state index in [9.17, 15) is 19.8 Å². The van der Waals surface area contributed by atoms with E-state index in [2.05, 4.69) is 4.98 Å². The Kier molecular flexibility index (Phi) is 9.97. The van der Waals surface area contributed by atoms with Crippen LogP contribution in [0.3, 0.4) is 0 Å². The van der Waals surface area contributed by atoms with Crippen LogP contribution in [0, 0.1) is 18.3 Å². The number of aliphatic hydroxyl groups excluding tert-OH is 2. The van der Waals surface area contributed by atoms with Crippen LogP contribution in [0.4, 0.5) is 0 Å². The molecule has 2 heterocycles. The third kappa shape index (κ3) is 7.57. The molecule has 0 fully saturated rings. The summed E-state index contributed by atoms with van der Waals surface area (Å²) in [6.45, 7) is 10.7. The zero-order valence-corrected chi connectivity index (χ0v) is 21.2. The fourth-order valence-corrected chi connectivity index (χ4v) is 4.36. The molecule has 0 spiro atoms. The van der Waals surface area contributed by atoms with Crippen LogP contribution < -0.4 is 0 Å². The summed E-state index contributed by atoms with van der Waals surface area (Å²) in [6.07, 6.45) is 3.21. The van der Waals surface area contributed by atoms with E-state index >= 15 is 0 Å². The van der Waals surface area contributed by atoms with Crippen LogP contribution in [-0.2, 0) is 19.1 Å². The molecule has 33 heavy (non-hydrogen) atoms. The first-order valence-electron chi connectivity index (χ1n) is 11.4. The van der Waals surface area contributed by atoms with Gasteiger partial charge in [0.25, 0.3) is 0 Å². The molecule has 0 radical (unpaired) electrons. The summed E-state index contributed by atoms with van der Waals surface area (Å²) in [5.74, 6) is -1.67. The standard InChI is InChI=1S/C25H37NO6S/c1-15(12-19-14-33-18(4)26-19)20-10-8-7-9-11-31-17(3)23(29)16(2)24(30)25(5,6)21(27)13-22(28)32-20/h7-8,12,14,16-17,20-21,23,27,29H,9-11,13H2,1-6H3/b8-7-,15-12+/t16-,17-,20+,21+,23-/m1/s1. The first-order chi connectivity index (χ1) is 15.4. The number of esters is 1. The summed E-state index contributed by atoms with van der Waals surface area (Å²) in [5.41, 5.74) is 0.406. The summed E-state index contributed by atoms with van der Waals surface area (Å²) >= 11 is 1.55. The Morgan fingerprint density at radius 1 is 1.24 bits per heavy atom. The second kappa shape index (κ2) is 12.0. The van der Waals surface area contributed by atoms with E-state index in [4.69, 9.17) is 9.47 Å². The molecule has 7 nitrogen and oxygen atoms in total. The minimum atomic E-state index is -1.25. The van der Waals surface area contributed by atoms with Gasteiger partial charge >= 0.3 is 5.97 Å². The summed E-state index contributed by atoms with van der Waals surface area (Å²) < 4.78 is 11.4. The van der Waals surface area contributed by atoms with E-state index in [1.54, 1.807) is 39.0 Å². The molecule has 0 saturated carbocycles. The molecular weight excluding hydrogens is 442 g/mol. The molecule has 0 amide bonds. The molecule has 0 aliphatic carbocycles. The second-order valence-electron chi connectivity index (χ2n) is 9.32. The number of hydrogen-bond acceptors (Lipinski definition) is 8. The average Bonchev–Trinajstić information content (AvgIpc) is 3.16. The van der Waals surface area contributed by atoms with Crippen LogP contribution in [0.1, 0.15) is 64.6 Å². The maximum atomic E-state index is 13.1. The zero-order chi connectivity index (χ0) is 24.8. The highest BCUT2D eigenvalue weighted by Gasteiger charge is 2.42. The Balaban J connectivity index is 2.27. The van der Waals surface area contributed by atoms with Crippen molar-refractivity contribution in [1.29, 1.82) is 0 Å². The molecule has 2 N–H and O–H groups in total. The molecule has 0 saturated heterocycles. The monoisotopic (exact) mass is 479 g/mol. The smallest absolute Gasteiger partial charge is 0.309 e. The molecule has 1 aliphatic heterocycles. The maximum absolute atomic E-state index is 13.1. The van der Waals surface area contributed by atoms with Gasteiger partial charge in [-0.25, -0.2) is 4.98 Å². The SMILES string of the molecule is C/C(=C\c1csc(C)n1)[C@@H]1C/C=C\CCO[C@H](C)[C@H](O)[C@@H](C)C(=O)C(C)(C)[C@@H](O)CC(=O)O1. The predicted octanol–water partition coefficient (Wildman–Crippen LogP) is 3.87. The Bertz CT molecular complexity index is 874. The van der Waals surface area contributed by atoms with Gasteiger partial charge in [-0.1, -0.05) is 32.9 Å². The molecule has 8 heteroatoms. The number of aromatic nitrogens is 1. The number of thiazole rings is 1. The van der Waals surface area contributed by atoms with Crippen molar-refractivity contribution in [3.8, 4) is 0 Å². The van der Waals surface area contributed by atoms with Crippen LogP contribution in [0.2, 0.25) is 0 Å². The predicted molar refractivity (Wildman–Crippen MR) is 129 cm³/mol. The molecule has 1 aromatic rings. The molecule has 0 unspecified atom stereocenters. The van der Waals surface area contributed by atoms with Gasteiger partial charge in [0.1, 0.15) is 11.9 Å². The highest BCUT2D eigenvalue weighted by molar-refractivity contribution is 7.09. The minimum Gasteiger partial charge on any atom is -0.457 e. The second-order valence-corrected chi connectivity index (χ2v) is 10.4. The van der Waals surface area contributed by atoms with E-state index in [0.29, 0.717) is 19.4 Å². The topological polar surface area (TPSA) is 106 Å². The number of carbonyl (C=O) groups is 2. The Hall–Kier alpha value is -1.87. The lowest BCUT2D eigenvalue weighted by Gasteiger charge is -2.34. The van der Waals surface area contributed by atoms with E-state index in [1.165, 1.54) is 0 Å². The number of ketones is 1. The number of rotatable bonds is 2. The lowest BCUT2D eigenvalue weighted by molar-refractivity contribution is -0.154. The maximum Gasteiger partial charge on any atom is 0.309 e. The van der Waals surface area contributed by atoms with Gasteiger partial charge in [-0.05, 0) is 38.8 Å². The van der Waals surface area contributed by atoms with Crippen molar-refractivity contribution in [1.82, 2.24) is 4.98 Å². The van der Waals surface area contributed by atoms with E-state index in [-0.39, 0.29) is 12.2 Å². The van der Waals surface area contributed by atoms with Crippen molar-refractivity contribution in [3.63, 3.8) is 0 Å². The third-order valence-electron chi connectivity index (χ3n) is 6.21. The lowest BCUT2D eigenvalue weighted by atomic mass is 9.74. The van der Waals surface area contributed by atoms with Crippen LogP contribution in [-0.4, -0.2) is 58.0 Å². The van der Waals surface area contributed by atoms with Gasteiger partial charge in [-0.15, -0.1) is 11.3 Å². The van der Waals surface area contributed by atoms with Crippen LogP contribution in [0.25, 0.3) is 6.08 Å². The lowest BCUT2D eigenvalue weighted by Crippen LogP contribution is -2.47. The number of carbonyl (C=O) groups excluding carboxylic acids is 2. The van der Waals surface area contributed by atoms with Crippen molar-refractivity contribution in [3.05, 3.63) is 33.8 Å². The molecule has 184 valence electrons. The van der Waals surface area contributed by atoms with Crippen LogP contribution in [0.15, 0.2) is 23.1 Å². The molecule has 1 aromatic heterocycles. The van der Waals surface area contributed by atoms with Crippen molar-refractivity contribution in [2.24, 2.45) is 11.3 Å². The van der Waals surface area contributed by atoms with Gasteiger partial charge in [0.15, 0.2) is 0 Å². The number of cyclic esters (lactones) is 1. The number of nitrogens with zero attached hydrogens (tertiary/aromatic N) is 1. The number of Topliss-reactive ketones (excluding diaryl/α,β-unsaturated/α-hetero) is 1. The number of aliphatic hydroxyl groups is 2. The fourth-order valence-electron chi connectivity index (χ4n) is 3.79. The van der Waals surface area contributed by atoms with Gasteiger partial charge in [0, 0.05) is 17.7 Å². The Labute approximate surface area is 200 Å².